The third-order valence-electron chi connectivity index (χ3n) is 5.06. The highest BCUT2D eigenvalue weighted by molar-refractivity contribution is 5.87. The number of aryl methyl sites for hydroxylation is 2. The maximum absolute atomic E-state index is 15.1. The van der Waals surface area contributed by atoms with E-state index in [1.165, 1.54) is 12.1 Å². The molecule has 7 heteroatoms. The van der Waals surface area contributed by atoms with Gasteiger partial charge in [0.25, 0.3) is 0 Å². The fourth-order valence-electron chi connectivity index (χ4n) is 3.49. The zero-order chi connectivity index (χ0) is 22.5. The molecular weight excluding hydrogens is 417 g/mol. The van der Waals surface area contributed by atoms with Gasteiger partial charge in [0.05, 0.1) is 19.0 Å². The molecule has 0 atom stereocenters. The molecule has 4 aromatic rings. The molecule has 0 aliphatic rings. The molecule has 0 N–H and O–H groups in total. The normalized spacial score (nSPS) is 11.2. The average Bonchev–Trinajstić information content (AvgIpc) is 2.80. The van der Waals surface area contributed by atoms with Gasteiger partial charge in [0, 0.05) is 10.9 Å². The zero-order valence-electron chi connectivity index (χ0n) is 17.4. The summed E-state index contributed by atoms with van der Waals surface area (Å²) in [7, 11) is 0. The topological polar surface area (TPSA) is 44.2 Å². The molecule has 32 heavy (non-hydrogen) atoms. The van der Waals surface area contributed by atoms with Crippen LogP contribution in [-0.2, 0) is 12.8 Å². The summed E-state index contributed by atoms with van der Waals surface area (Å²) in [6, 6.07) is 15.4. The second-order valence-electron chi connectivity index (χ2n) is 7.17. The molecule has 3 aromatic carbocycles. The van der Waals surface area contributed by atoms with Crippen LogP contribution < -0.4 is 9.47 Å². The predicted molar refractivity (Wildman–Crippen MR) is 117 cm³/mol. The van der Waals surface area contributed by atoms with E-state index in [-0.39, 0.29) is 11.6 Å². The molecule has 1 heterocycles. The maximum atomic E-state index is 15.1. The van der Waals surface area contributed by atoms with E-state index >= 15 is 4.39 Å². The number of aromatic nitrogens is 2. The number of benzene rings is 3. The molecule has 0 aliphatic carbocycles. The lowest BCUT2D eigenvalue weighted by atomic mass is 9.99. The molecule has 4 nitrogen and oxygen atoms in total. The smallest absolute Gasteiger partial charge is 0.387 e. The zero-order valence-corrected chi connectivity index (χ0v) is 17.4. The summed E-state index contributed by atoms with van der Waals surface area (Å²) in [6.07, 6.45) is 4.30. The van der Waals surface area contributed by atoms with Gasteiger partial charge in [0.15, 0.2) is 11.6 Å². The summed E-state index contributed by atoms with van der Waals surface area (Å²) < 4.78 is 49.3. The van der Waals surface area contributed by atoms with Crippen molar-refractivity contribution in [3.05, 3.63) is 83.9 Å². The standard InChI is InChI=1S/C25H21F3N2O2/c1-2-31-21-14-29-24(30-15-21)19-9-12-22-18(13-19)8-7-17(23(22)26)6-3-16-4-10-20(11-5-16)32-25(27)28/h4-5,7-15,25H,2-3,6H2,1H3. The number of hydrogen-bond acceptors (Lipinski definition) is 4. The Morgan fingerprint density at radius 3 is 2.31 bits per heavy atom. The maximum Gasteiger partial charge on any atom is 0.387 e. The lowest BCUT2D eigenvalue weighted by Gasteiger charge is -2.09. The molecule has 0 amide bonds. The highest BCUT2D eigenvalue weighted by Crippen LogP contribution is 2.27. The van der Waals surface area contributed by atoms with Crippen molar-refractivity contribution in [2.75, 3.05) is 6.61 Å². The monoisotopic (exact) mass is 438 g/mol. The molecular formula is C25H21F3N2O2. The number of hydrogen-bond donors (Lipinski definition) is 0. The van der Waals surface area contributed by atoms with Crippen LogP contribution >= 0.6 is 0 Å². The highest BCUT2D eigenvalue weighted by atomic mass is 19.3. The number of alkyl halides is 2. The van der Waals surface area contributed by atoms with Gasteiger partial charge in [-0.25, -0.2) is 14.4 Å². The fraction of sp³-hybridized carbons (Fsp3) is 0.200. The summed E-state index contributed by atoms with van der Waals surface area (Å²) in [5.41, 5.74) is 2.29. The molecule has 0 bridgehead atoms. The number of ether oxygens (including phenoxy) is 2. The van der Waals surface area contributed by atoms with Crippen molar-refractivity contribution in [1.29, 1.82) is 0 Å². The molecule has 0 spiro atoms. The molecule has 164 valence electrons. The largest absolute Gasteiger partial charge is 0.491 e. The fourth-order valence-corrected chi connectivity index (χ4v) is 3.49. The minimum absolute atomic E-state index is 0.105. The van der Waals surface area contributed by atoms with Crippen LogP contribution in [0.5, 0.6) is 11.5 Å². The van der Waals surface area contributed by atoms with Crippen molar-refractivity contribution >= 4 is 10.8 Å². The van der Waals surface area contributed by atoms with E-state index in [4.69, 9.17) is 4.74 Å². The Labute approximate surface area is 183 Å². The lowest BCUT2D eigenvalue weighted by Crippen LogP contribution is -2.02. The van der Waals surface area contributed by atoms with Crippen molar-refractivity contribution < 1.29 is 22.6 Å². The van der Waals surface area contributed by atoms with Gasteiger partial charge in [0.1, 0.15) is 11.6 Å². The highest BCUT2D eigenvalue weighted by Gasteiger charge is 2.11. The first kappa shape index (κ1) is 21.6. The van der Waals surface area contributed by atoms with Crippen LogP contribution in [0.3, 0.4) is 0 Å². The van der Waals surface area contributed by atoms with Gasteiger partial charge in [0.2, 0.25) is 0 Å². The number of fused-ring (bicyclic) bond motifs is 1. The van der Waals surface area contributed by atoms with Gasteiger partial charge < -0.3 is 9.47 Å². The van der Waals surface area contributed by atoms with E-state index in [9.17, 15) is 8.78 Å². The van der Waals surface area contributed by atoms with Gasteiger partial charge in [-0.05, 0) is 54.5 Å². The van der Waals surface area contributed by atoms with E-state index in [1.807, 2.05) is 19.1 Å². The van der Waals surface area contributed by atoms with Crippen molar-refractivity contribution in [1.82, 2.24) is 9.97 Å². The molecule has 4 rings (SSSR count). The first-order chi connectivity index (χ1) is 15.5. The summed E-state index contributed by atoms with van der Waals surface area (Å²) in [5.74, 6) is 0.982. The third-order valence-corrected chi connectivity index (χ3v) is 5.06. The minimum Gasteiger partial charge on any atom is -0.491 e. The van der Waals surface area contributed by atoms with Crippen molar-refractivity contribution in [3.63, 3.8) is 0 Å². The Morgan fingerprint density at radius 2 is 1.62 bits per heavy atom. The average molecular weight is 438 g/mol. The van der Waals surface area contributed by atoms with Crippen molar-refractivity contribution in [2.45, 2.75) is 26.4 Å². The Morgan fingerprint density at radius 1 is 0.875 bits per heavy atom. The second-order valence-corrected chi connectivity index (χ2v) is 7.17. The van der Waals surface area contributed by atoms with Crippen LogP contribution in [0.4, 0.5) is 13.2 Å². The predicted octanol–water partition coefficient (Wildman–Crippen LogP) is 6.22. The van der Waals surface area contributed by atoms with Gasteiger partial charge in [-0.2, -0.15) is 8.78 Å². The second kappa shape index (κ2) is 9.68. The van der Waals surface area contributed by atoms with Gasteiger partial charge in [-0.1, -0.05) is 36.4 Å². The molecule has 0 radical (unpaired) electrons. The third kappa shape index (κ3) is 4.99. The van der Waals surface area contributed by atoms with Crippen LogP contribution in [-0.4, -0.2) is 23.2 Å². The summed E-state index contributed by atoms with van der Waals surface area (Å²) >= 11 is 0. The van der Waals surface area contributed by atoms with Crippen LogP contribution in [0.25, 0.3) is 22.2 Å². The molecule has 0 unspecified atom stereocenters. The van der Waals surface area contributed by atoms with Crippen LogP contribution in [0.2, 0.25) is 0 Å². The van der Waals surface area contributed by atoms with Gasteiger partial charge >= 0.3 is 6.61 Å². The molecule has 0 fully saturated rings. The van der Waals surface area contributed by atoms with Crippen molar-refractivity contribution in [2.24, 2.45) is 0 Å². The van der Waals surface area contributed by atoms with E-state index in [1.54, 1.807) is 42.7 Å². The minimum atomic E-state index is -2.85. The summed E-state index contributed by atoms with van der Waals surface area (Å²) in [5, 5.41) is 1.28. The Kier molecular flexibility index (Phi) is 6.54. The summed E-state index contributed by atoms with van der Waals surface area (Å²) in [4.78, 5) is 8.64. The first-order valence-corrected chi connectivity index (χ1v) is 10.2. The van der Waals surface area contributed by atoms with Gasteiger partial charge in [-0.3, -0.25) is 0 Å². The van der Waals surface area contributed by atoms with Crippen LogP contribution in [0.1, 0.15) is 18.1 Å². The molecule has 0 saturated carbocycles. The summed E-state index contributed by atoms with van der Waals surface area (Å²) in [6.45, 7) is -0.422. The Hall–Kier alpha value is -3.61. The number of nitrogens with zero attached hydrogens (tertiary/aromatic N) is 2. The van der Waals surface area contributed by atoms with E-state index in [0.29, 0.717) is 42.0 Å². The molecule has 0 aliphatic heterocycles. The Bertz CT molecular complexity index is 1200. The first-order valence-electron chi connectivity index (χ1n) is 10.2. The quantitative estimate of drug-likeness (QED) is 0.328. The van der Waals surface area contributed by atoms with E-state index in [2.05, 4.69) is 14.7 Å². The lowest BCUT2D eigenvalue weighted by molar-refractivity contribution is -0.0498. The SMILES string of the molecule is CCOc1cnc(-c2ccc3c(F)c(CCc4ccc(OC(F)F)cc4)ccc3c2)nc1. The van der Waals surface area contributed by atoms with Crippen molar-refractivity contribution in [3.8, 4) is 22.9 Å². The van der Waals surface area contributed by atoms with Gasteiger partial charge in [-0.15, -0.1) is 0 Å². The molecule has 0 saturated heterocycles. The van der Waals surface area contributed by atoms with E-state index in [0.717, 1.165) is 16.5 Å². The van der Waals surface area contributed by atoms with Crippen LogP contribution in [0.15, 0.2) is 67.0 Å². The van der Waals surface area contributed by atoms with Crippen LogP contribution in [0, 0.1) is 5.82 Å². The Balaban J connectivity index is 1.49. The number of halogens is 3. The number of rotatable bonds is 8. The molecule has 1 aromatic heterocycles. The van der Waals surface area contributed by atoms with E-state index < -0.39 is 6.61 Å².